The van der Waals surface area contributed by atoms with Crippen molar-refractivity contribution in [3.05, 3.63) is 23.8 Å². The quantitative estimate of drug-likeness (QED) is 0.812. The van der Waals surface area contributed by atoms with Crippen LogP contribution in [0.15, 0.2) is 18.2 Å². The van der Waals surface area contributed by atoms with Crippen molar-refractivity contribution in [3.63, 3.8) is 0 Å². The first kappa shape index (κ1) is 16.8. The molecule has 1 heterocycles. The molecule has 1 aliphatic carbocycles. The first-order chi connectivity index (χ1) is 11.6. The second-order valence-corrected chi connectivity index (χ2v) is 6.47. The molecule has 1 aromatic carbocycles. The maximum atomic E-state index is 12.2. The SMILES string of the molecule is C[C@H]1CCCC[C@@H]1OCCNC(=O)c1ccc2c(c1)OCC(=O)N2. The Morgan fingerprint density at radius 2 is 2.21 bits per heavy atom. The third-order valence-corrected chi connectivity index (χ3v) is 4.63. The van der Waals surface area contributed by atoms with E-state index in [9.17, 15) is 9.59 Å². The molecule has 1 saturated carbocycles. The molecule has 0 unspecified atom stereocenters. The normalized spacial score (nSPS) is 23.0. The molecule has 0 saturated heterocycles. The van der Waals surface area contributed by atoms with Crippen molar-refractivity contribution in [2.45, 2.75) is 38.7 Å². The number of anilines is 1. The van der Waals surface area contributed by atoms with Crippen LogP contribution in [0.2, 0.25) is 0 Å². The Hall–Kier alpha value is -2.08. The molecule has 24 heavy (non-hydrogen) atoms. The Morgan fingerprint density at radius 1 is 1.38 bits per heavy atom. The number of rotatable bonds is 5. The fourth-order valence-corrected chi connectivity index (χ4v) is 3.22. The molecule has 6 heteroatoms. The van der Waals surface area contributed by atoms with E-state index >= 15 is 0 Å². The largest absolute Gasteiger partial charge is 0.482 e. The van der Waals surface area contributed by atoms with E-state index in [2.05, 4.69) is 17.6 Å². The number of hydrogen-bond donors (Lipinski definition) is 2. The number of nitrogens with one attached hydrogen (secondary N) is 2. The lowest BCUT2D eigenvalue weighted by atomic mass is 9.88. The minimum absolute atomic E-state index is 0.0223. The minimum atomic E-state index is -0.186. The third-order valence-electron chi connectivity index (χ3n) is 4.63. The number of benzene rings is 1. The Labute approximate surface area is 141 Å². The standard InChI is InChI=1S/C18H24N2O4/c1-12-4-2-3-5-15(12)23-9-8-19-18(22)13-6-7-14-16(10-13)24-11-17(21)20-14/h6-7,10,12,15H,2-5,8-9,11H2,1H3,(H,19,22)(H,20,21)/t12-,15-/m0/s1. The highest BCUT2D eigenvalue weighted by Gasteiger charge is 2.21. The monoisotopic (exact) mass is 332 g/mol. The number of hydrogen-bond acceptors (Lipinski definition) is 4. The van der Waals surface area contributed by atoms with Gasteiger partial charge in [0.1, 0.15) is 5.75 Å². The zero-order chi connectivity index (χ0) is 16.9. The van der Waals surface area contributed by atoms with Gasteiger partial charge in [-0.3, -0.25) is 9.59 Å². The molecule has 0 spiro atoms. The molecule has 2 aliphatic rings. The van der Waals surface area contributed by atoms with Crippen molar-refractivity contribution in [3.8, 4) is 5.75 Å². The van der Waals surface area contributed by atoms with Gasteiger partial charge in [-0.05, 0) is 37.0 Å². The van der Waals surface area contributed by atoms with Gasteiger partial charge in [0.2, 0.25) is 0 Å². The predicted molar refractivity (Wildman–Crippen MR) is 90.3 cm³/mol. The molecule has 130 valence electrons. The summed E-state index contributed by atoms with van der Waals surface area (Å²) in [6.45, 7) is 3.22. The molecule has 2 amide bonds. The predicted octanol–water partition coefficient (Wildman–Crippen LogP) is 2.34. The summed E-state index contributed by atoms with van der Waals surface area (Å²) >= 11 is 0. The van der Waals surface area contributed by atoms with Gasteiger partial charge in [-0.15, -0.1) is 0 Å². The maximum absolute atomic E-state index is 12.2. The first-order valence-electron chi connectivity index (χ1n) is 8.60. The van der Waals surface area contributed by atoms with E-state index in [-0.39, 0.29) is 18.4 Å². The zero-order valence-electron chi connectivity index (χ0n) is 14.0. The second-order valence-electron chi connectivity index (χ2n) is 6.47. The van der Waals surface area contributed by atoms with Crippen molar-refractivity contribution >= 4 is 17.5 Å². The van der Waals surface area contributed by atoms with Gasteiger partial charge in [-0.2, -0.15) is 0 Å². The van der Waals surface area contributed by atoms with Gasteiger partial charge < -0.3 is 20.1 Å². The van der Waals surface area contributed by atoms with Crippen molar-refractivity contribution in [2.75, 3.05) is 25.1 Å². The minimum Gasteiger partial charge on any atom is -0.482 e. The van der Waals surface area contributed by atoms with Gasteiger partial charge in [0.25, 0.3) is 11.8 Å². The van der Waals surface area contributed by atoms with E-state index in [4.69, 9.17) is 9.47 Å². The summed E-state index contributed by atoms with van der Waals surface area (Å²) in [5.74, 6) is 0.768. The van der Waals surface area contributed by atoms with Crippen LogP contribution < -0.4 is 15.4 Å². The summed E-state index contributed by atoms with van der Waals surface area (Å²) in [4.78, 5) is 23.4. The molecule has 6 nitrogen and oxygen atoms in total. The molecule has 1 fully saturated rings. The molecule has 0 bridgehead atoms. The van der Waals surface area contributed by atoms with Crippen LogP contribution in [0, 0.1) is 5.92 Å². The van der Waals surface area contributed by atoms with Gasteiger partial charge >= 0.3 is 0 Å². The fourth-order valence-electron chi connectivity index (χ4n) is 3.22. The topological polar surface area (TPSA) is 76.7 Å². The Kier molecular flexibility index (Phi) is 5.35. The van der Waals surface area contributed by atoms with Crippen LogP contribution in [-0.4, -0.2) is 37.7 Å². The van der Waals surface area contributed by atoms with E-state index in [0.717, 1.165) is 6.42 Å². The molecule has 3 rings (SSSR count). The van der Waals surface area contributed by atoms with Gasteiger partial charge in [0.05, 0.1) is 18.4 Å². The Morgan fingerprint density at radius 3 is 3.04 bits per heavy atom. The van der Waals surface area contributed by atoms with Crippen LogP contribution in [0.4, 0.5) is 5.69 Å². The number of carbonyl (C=O) groups excluding carboxylic acids is 2. The lowest BCUT2D eigenvalue weighted by Gasteiger charge is -2.28. The van der Waals surface area contributed by atoms with Crippen LogP contribution in [0.3, 0.4) is 0 Å². The molecule has 1 aromatic rings. The summed E-state index contributed by atoms with van der Waals surface area (Å²) in [6, 6.07) is 5.00. The van der Waals surface area contributed by atoms with Crippen molar-refractivity contribution in [1.29, 1.82) is 0 Å². The highest BCUT2D eigenvalue weighted by atomic mass is 16.5. The summed E-state index contributed by atoms with van der Waals surface area (Å²) in [5, 5.41) is 5.57. The average molecular weight is 332 g/mol. The molecule has 0 aromatic heterocycles. The smallest absolute Gasteiger partial charge is 0.262 e. The molecule has 0 radical (unpaired) electrons. The van der Waals surface area contributed by atoms with Crippen LogP contribution in [0.25, 0.3) is 0 Å². The van der Waals surface area contributed by atoms with Crippen LogP contribution in [-0.2, 0) is 9.53 Å². The van der Waals surface area contributed by atoms with Gasteiger partial charge in [0, 0.05) is 12.1 Å². The fraction of sp³-hybridized carbons (Fsp3) is 0.556. The number of carbonyl (C=O) groups is 2. The highest BCUT2D eigenvalue weighted by Crippen LogP contribution is 2.28. The van der Waals surface area contributed by atoms with Crippen molar-refractivity contribution in [1.82, 2.24) is 5.32 Å². The molecule has 2 N–H and O–H groups in total. The summed E-state index contributed by atoms with van der Waals surface area (Å²) < 4.78 is 11.2. The summed E-state index contributed by atoms with van der Waals surface area (Å²) in [7, 11) is 0. The van der Waals surface area contributed by atoms with Gasteiger partial charge in [0.15, 0.2) is 6.61 Å². The molecule has 2 atom stereocenters. The Bertz CT molecular complexity index is 617. The van der Waals surface area contributed by atoms with E-state index < -0.39 is 0 Å². The van der Waals surface area contributed by atoms with Crippen molar-refractivity contribution in [2.24, 2.45) is 5.92 Å². The van der Waals surface area contributed by atoms with Crippen molar-refractivity contribution < 1.29 is 19.1 Å². The van der Waals surface area contributed by atoms with Crippen LogP contribution in [0.5, 0.6) is 5.75 Å². The van der Waals surface area contributed by atoms with E-state index in [1.54, 1.807) is 18.2 Å². The number of ether oxygens (including phenoxy) is 2. The van der Waals surface area contributed by atoms with Crippen LogP contribution in [0.1, 0.15) is 43.0 Å². The summed E-state index contributed by atoms with van der Waals surface area (Å²) in [5.41, 5.74) is 1.10. The number of fused-ring (bicyclic) bond motifs is 1. The first-order valence-corrected chi connectivity index (χ1v) is 8.60. The third kappa shape index (κ3) is 4.06. The van der Waals surface area contributed by atoms with Gasteiger partial charge in [-0.25, -0.2) is 0 Å². The molecular weight excluding hydrogens is 308 g/mol. The average Bonchev–Trinajstić information content (AvgIpc) is 2.59. The lowest BCUT2D eigenvalue weighted by Crippen LogP contribution is -2.32. The lowest BCUT2D eigenvalue weighted by molar-refractivity contribution is -0.118. The zero-order valence-corrected chi connectivity index (χ0v) is 14.0. The molecule has 1 aliphatic heterocycles. The van der Waals surface area contributed by atoms with E-state index in [1.807, 2.05) is 0 Å². The van der Waals surface area contributed by atoms with Crippen LogP contribution >= 0.6 is 0 Å². The van der Waals surface area contributed by atoms with E-state index in [1.165, 1.54) is 19.3 Å². The molecular formula is C18H24N2O4. The maximum Gasteiger partial charge on any atom is 0.262 e. The van der Waals surface area contributed by atoms with E-state index in [0.29, 0.717) is 42.2 Å². The number of amides is 2. The van der Waals surface area contributed by atoms with Gasteiger partial charge in [-0.1, -0.05) is 19.8 Å². The second kappa shape index (κ2) is 7.66. The summed E-state index contributed by atoms with van der Waals surface area (Å²) in [6.07, 6.45) is 5.17. The highest BCUT2D eigenvalue weighted by molar-refractivity contribution is 5.98. The Balaban J connectivity index is 1.46.